The summed E-state index contributed by atoms with van der Waals surface area (Å²) in [6.45, 7) is 0.0348. The van der Waals surface area contributed by atoms with Crippen LogP contribution in [0.15, 0.2) is 34.9 Å². The number of hydrogen-bond acceptors (Lipinski definition) is 2. The molecule has 2 rings (SSSR count). The molecule has 66 valence electrons. The summed E-state index contributed by atoms with van der Waals surface area (Å²) in [6.07, 6.45) is 1.74. The van der Waals surface area contributed by atoms with Crippen LogP contribution in [0.25, 0.3) is 10.9 Å². The first-order valence-corrected chi connectivity index (χ1v) is 4.75. The van der Waals surface area contributed by atoms with Crippen LogP contribution < -0.4 is 0 Å². The predicted molar refractivity (Wildman–Crippen MR) is 55.4 cm³/mol. The van der Waals surface area contributed by atoms with Crippen LogP contribution in [0.5, 0.6) is 0 Å². The van der Waals surface area contributed by atoms with Crippen molar-refractivity contribution >= 4 is 26.8 Å². The molecule has 0 radical (unpaired) electrons. The molecule has 1 N–H and O–H groups in total. The molecular formula is C10H8BrNO. The fraction of sp³-hybridized carbons (Fsp3) is 0.100. The van der Waals surface area contributed by atoms with Gasteiger partial charge in [0.2, 0.25) is 0 Å². The zero-order chi connectivity index (χ0) is 9.26. The first kappa shape index (κ1) is 8.66. The summed E-state index contributed by atoms with van der Waals surface area (Å²) in [5.74, 6) is 0. The predicted octanol–water partition coefficient (Wildman–Crippen LogP) is 2.49. The molecule has 1 aromatic carbocycles. The second kappa shape index (κ2) is 3.44. The van der Waals surface area contributed by atoms with Crippen molar-refractivity contribution in [2.24, 2.45) is 0 Å². The fourth-order valence-corrected chi connectivity index (χ4v) is 1.86. The molecule has 0 aliphatic heterocycles. The SMILES string of the molecule is OCc1ccc2cccnc2c1Br. The van der Waals surface area contributed by atoms with Crippen LogP contribution in [0.3, 0.4) is 0 Å². The molecule has 0 saturated heterocycles. The molecule has 0 aliphatic rings. The zero-order valence-electron chi connectivity index (χ0n) is 6.87. The van der Waals surface area contributed by atoms with Gasteiger partial charge in [0.15, 0.2) is 0 Å². The molecule has 0 atom stereocenters. The van der Waals surface area contributed by atoms with Gasteiger partial charge >= 0.3 is 0 Å². The number of fused-ring (bicyclic) bond motifs is 1. The van der Waals surface area contributed by atoms with Crippen molar-refractivity contribution in [2.75, 3.05) is 0 Å². The van der Waals surface area contributed by atoms with Gasteiger partial charge in [0.25, 0.3) is 0 Å². The number of halogens is 1. The van der Waals surface area contributed by atoms with E-state index in [9.17, 15) is 0 Å². The smallest absolute Gasteiger partial charge is 0.0847 e. The van der Waals surface area contributed by atoms with Crippen LogP contribution in [0.4, 0.5) is 0 Å². The van der Waals surface area contributed by atoms with Crippen molar-refractivity contribution in [2.45, 2.75) is 6.61 Å². The first-order chi connectivity index (χ1) is 6.33. The van der Waals surface area contributed by atoms with Crippen LogP contribution >= 0.6 is 15.9 Å². The Morgan fingerprint density at radius 3 is 2.92 bits per heavy atom. The summed E-state index contributed by atoms with van der Waals surface area (Å²) in [7, 11) is 0. The molecule has 13 heavy (non-hydrogen) atoms. The minimum absolute atomic E-state index is 0.0348. The van der Waals surface area contributed by atoms with E-state index in [1.54, 1.807) is 6.20 Å². The van der Waals surface area contributed by atoms with E-state index in [0.717, 1.165) is 20.9 Å². The third-order valence-electron chi connectivity index (χ3n) is 1.96. The fourth-order valence-electron chi connectivity index (χ4n) is 1.27. The highest BCUT2D eigenvalue weighted by Gasteiger charge is 2.03. The van der Waals surface area contributed by atoms with Crippen molar-refractivity contribution in [1.82, 2.24) is 4.98 Å². The largest absolute Gasteiger partial charge is 0.392 e. The van der Waals surface area contributed by atoms with Crippen molar-refractivity contribution in [3.05, 3.63) is 40.5 Å². The molecule has 0 bridgehead atoms. The number of aliphatic hydroxyl groups is 1. The Morgan fingerprint density at radius 2 is 2.15 bits per heavy atom. The summed E-state index contributed by atoms with van der Waals surface area (Å²) in [6, 6.07) is 7.74. The average molecular weight is 238 g/mol. The van der Waals surface area contributed by atoms with Crippen LogP contribution in [-0.4, -0.2) is 10.1 Å². The van der Waals surface area contributed by atoms with Crippen LogP contribution in [0, 0.1) is 0 Å². The standard InChI is InChI=1S/C10H8BrNO/c11-9-8(6-13)4-3-7-2-1-5-12-10(7)9/h1-5,13H,6H2. The molecule has 2 nitrogen and oxygen atoms in total. The Hall–Kier alpha value is -0.930. The van der Waals surface area contributed by atoms with Crippen molar-refractivity contribution < 1.29 is 5.11 Å². The highest BCUT2D eigenvalue weighted by atomic mass is 79.9. The van der Waals surface area contributed by atoms with Gasteiger partial charge in [0.05, 0.1) is 12.1 Å². The van der Waals surface area contributed by atoms with E-state index in [4.69, 9.17) is 5.11 Å². The zero-order valence-corrected chi connectivity index (χ0v) is 8.45. The van der Waals surface area contributed by atoms with Gasteiger partial charge in [-0.3, -0.25) is 4.98 Å². The lowest BCUT2D eigenvalue weighted by Crippen LogP contribution is -1.87. The lowest BCUT2D eigenvalue weighted by atomic mass is 10.1. The van der Waals surface area contributed by atoms with Crippen molar-refractivity contribution in [3.63, 3.8) is 0 Å². The molecule has 0 spiro atoms. The van der Waals surface area contributed by atoms with Gasteiger partial charge in [-0.25, -0.2) is 0 Å². The summed E-state index contributed by atoms with van der Waals surface area (Å²) in [4.78, 5) is 4.23. The van der Waals surface area contributed by atoms with E-state index in [-0.39, 0.29) is 6.61 Å². The van der Waals surface area contributed by atoms with Crippen LogP contribution in [0.1, 0.15) is 5.56 Å². The molecular weight excluding hydrogens is 230 g/mol. The Labute approximate surface area is 84.4 Å². The molecule has 0 unspecified atom stereocenters. The quantitative estimate of drug-likeness (QED) is 0.827. The summed E-state index contributed by atoms with van der Waals surface area (Å²) in [5.41, 5.74) is 1.76. The maximum Gasteiger partial charge on any atom is 0.0847 e. The van der Waals surface area contributed by atoms with E-state index < -0.39 is 0 Å². The number of pyridine rings is 1. The monoisotopic (exact) mass is 237 g/mol. The van der Waals surface area contributed by atoms with E-state index in [1.165, 1.54) is 0 Å². The van der Waals surface area contributed by atoms with Gasteiger partial charge in [0, 0.05) is 16.1 Å². The summed E-state index contributed by atoms with van der Waals surface area (Å²) in [5, 5.41) is 10.1. The van der Waals surface area contributed by atoms with Gasteiger partial charge in [-0.05, 0) is 27.6 Å². The average Bonchev–Trinajstić information content (AvgIpc) is 2.19. The number of nitrogens with zero attached hydrogens (tertiary/aromatic N) is 1. The van der Waals surface area contributed by atoms with E-state index in [2.05, 4.69) is 20.9 Å². The summed E-state index contributed by atoms with van der Waals surface area (Å²) < 4.78 is 0.883. The van der Waals surface area contributed by atoms with Gasteiger partial charge < -0.3 is 5.11 Å². The Kier molecular flexibility index (Phi) is 2.29. The first-order valence-electron chi connectivity index (χ1n) is 3.96. The minimum Gasteiger partial charge on any atom is -0.392 e. The van der Waals surface area contributed by atoms with E-state index in [0.29, 0.717) is 0 Å². The molecule has 0 saturated carbocycles. The molecule has 3 heteroatoms. The van der Waals surface area contributed by atoms with E-state index in [1.807, 2.05) is 24.3 Å². The molecule has 0 amide bonds. The summed E-state index contributed by atoms with van der Waals surface area (Å²) >= 11 is 3.42. The lowest BCUT2D eigenvalue weighted by Gasteiger charge is -2.03. The molecule has 1 heterocycles. The Morgan fingerprint density at radius 1 is 1.31 bits per heavy atom. The third kappa shape index (κ3) is 1.45. The van der Waals surface area contributed by atoms with Crippen molar-refractivity contribution in [1.29, 1.82) is 0 Å². The maximum absolute atomic E-state index is 9.02. The minimum atomic E-state index is 0.0348. The number of aliphatic hydroxyl groups excluding tert-OH is 1. The van der Waals surface area contributed by atoms with Gasteiger partial charge in [-0.15, -0.1) is 0 Å². The highest BCUT2D eigenvalue weighted by Crippen LogP contribution is 2.25. The topological polar surface area (TPSA) is 33.1 Å². The van der Waals surface area contributed by atoms with Crippen LogP contribution in [0.2, 0.25) is 0 Å². The molecule has 0 aliphatic carbocycles. The Balaban J connectivity index is 2.79. The van der Waals surface area contributed by atoms with Crippen molar-refractivity contribution in [3.8, 4) is 0 Å². The second-order valence-corrected chi connectivity index (χ2v) is 3.56. The van der Waals surface area contributed by atoms with Gasteiger partial charge in [-0.2, -0.15) is 0 Å². The molecule has 2 aromatic rings. The third-order valence-corrected chi connectivity index (χ3v) is 2.85. The number of rotatable bonds is 1. The number of hydrogen-bond donors (Lipinski definition) is 1. The second-order valence-electron chi connectivity index (χ2n) is 2.77. The van der Waals surface area contributed by atoms with Crippen LogP contribution in [-0.2, 0) is 6.61 Å². The normalized spacial score (nSPS) is 10.6. The molecule has 0 fully saturated rings. The van der Waals surface area contributed by atoms with Gasteiger partial charge in [0.1, 0.15) is 0 Å². The number of aromatic nitrogens is 1. The highest BCUT2D eigenvalue weighted by molar-refractivity contribution is 9.10. The number of benzene rings is 1. The van der Waals surface area contributed by atoms with E-state index >= 15 is 0 Å². The molecule has 1 aromatic heterocycles. The van der Waals surface area contributed by atoms with Gasteiger partial charge in [-0.1, -0.05) is 18.2 Å². The Bertz CT molecular complexity index is 442. The lowest BCUT2D eigenvalue weighted by molar-refractivity contribution is 0.281. The maximum atomic E-state index is 9.02.